The first-order valence-electron chi connectivity index (χ1n) is 40.8. The molecule has 99 heavy (non-hydrogen) atoms. The Balaban J connectivity index is 0.000000113. The number of nitrogens with two attached hydrogens (primary N) is 1. The first kappa shape index (κ1) is 71.5. The highest BCUT2D eigenvalue weighted by molar-refractivity contribution is 5.92. The molecule has 28 atom stereocenters. The minimum Gasteiger partial charge on any atom is -0.398 e. The van der Waals surface area contributed by atoms with Gasteiger partial charge in [-0.1, -0.05) is 109 Å². The lowest BCUT2D eigenvalue weighted by molar-refractivity contribution is -0.148. The van der Waals surface area contributed by atoms with Crippen molar-refractivity contribution in [1.29, 1.82) is 0 Å². The number of benzene rings is 1. The topological polar surface area (TPSA) is 155 Å². The van der Waals surface area contributed by atoms with Crippen LogP contribution in [-0.2, 0) is 19.2 Å². The zero-order chi connectivity index (χ0) is 70.1. The summed E-state index contributed by atoms with van der Waals surface area (Å²) in [5.41, 5.74) is 10.3. The van der Waals surface area contributed by atoms with E-state index < -0.39 is 16.8 Å². The van der Waals surface area contributed by atoms with E-state index >= 15 is 0 Å². The van der Waals surface area contributed by atoms with Crippen molar-refractivity contribution in [2.45, 2.75) is 285 Å². The van der Waals surface area contributed by atoms with Gasteiger partial charge in [0.05, 0.1) is 5.60 Å². The number of fused-ring (bicyclic) bond motifs is 20. The van der Waals surface area contributed by atoms with Gasteiger partial charge >= 0.3 is 0 Å². The van der Waals surface area contributed by atoms with Gasteiger partial charge in [0.1, 0.15) is 17.0 Å². The molecule has 0 aromatic heterocycles. The number of Topliss-reactive ketones (excluding diaryl/α,β-unsaturated/α-hetero) is 1. The standard InChI is InChI=1S/C27H33NO2.C22H30O2.C21H34O2.C21H28O/c1-17-15-19-16-20(29)7-8-21(19)22-10-12-26(2)23(25(17)22)11-14-27(26,30)13-9-18-5-3-4-6-24(18)28;1-4-9-22(24)11-8-19-20-14(2)12-15-13-16(23)5-6-17(15)18(20)7-10-21(19,22)3;1-4-21(23)10-8-18-19-13(2)11-14-12-15(22)5-6-16(14)17(19)7-9-20(18,21)3;1-4-14-6-8-18-17-7-5-15-13-16(22)9-11-21(15,3)19(17)10-12-20(14,18)2/h3-6,16-17,21-23,25,30H,7-8,10-12,14-15,28H2,1-2H3;13-14,17-20,24H,5-8,10-12H2,1-3H3;13-14,16-19,23H,4-12H2,1-3H3;1,13-14,17-19H,5-12H2,2-3H3/t17-,21-,22-,23+,25+,26-,27+;14-,17-,18-,19+,20+,21-,22+;13-,14?,16-,17-,18+,19+,20-,21+;14?,17?,18-,19-,20-,21+/m0001/s1. The SMILES string of the molecule is C#CC1CC[C@@H]2C3CCC4=CC(=O)CC[C@]4(C)[C@@H]3CC[C@]12C.CC#C[C@@]1(O)CC[C@@H]2[C@H]3[C@@H](CC[C@@]21C)[C@H]1CCC(=O)C=C1C[C@@H]3C.CC[C@@]1(O)CC[C@@H]2[C@H]3[C@@H](CC[C@@]21C)[C@H]1CCC(=O)CC1C[C@@H]3C.C[C@H]1CC2=CC(=O)CC[C@@H]2[C@@H]2CC[C@@]3(C)[C@H](CC[C@]3(O)C#Cc3ccccc3N)[C@@H]21. The fourth-order valence-electron chi connectivity index (χ4n) is 29.2. The van der Waals surface area contributed by atoms with Crippen LogP contribution in [0.2, 0.25) is 0 Å². The number of hydrogen-bond acceptors (Lipinski definition) is 8. The van der Waals surface area contributed by atoms with Crippen LogP contribution in [0.15, 0.2) is 59.2 Å². The minimum atomic E-state index is -0.955. The summed E-state index contributed by atoms with van der Waals surface area (Å²) >= 11 is 0. The Hall–Kier alpha value is -4.52. The molecule has 17 rings (SSSR count). The lowest BCUT2D eigenvalue weighted by atomic mass is 9.47. The van der Waals surface area contributed by atoms with Gasteiger partial charge in [-0.3, -0.25) is 19.2 Å². The summed E-state index contributed by atoms with van der Waals surface area (Å²) in [7, 11) is 0. The highest BCUT2D eigenvalue weighted by Gasteiger charge is 2.67. The summed E-state index contributed by atoms with van der Waals surface area (Å²) in [6.07, 6.45) is 44.8. The molecule has 536 valence electrons. The Morgan fingerprint density at radius 3 is 1.67 bits per heavy atom. The molecule has 13 saturated carbocycles. The zero-order valence-electron chi connectivity index (χ0n) is 62.6. The number of para-hydroxylation sites is 1. The normalized spacial score (nSPS) is 49.2. The van der Waals surface area contributed by atoms with Gasteiger partial charge in [-0.2, -0.15) is 0 Å². The number of anilines is 1. The smallest absolute Gasteiger partial charge is 0.155 e. The van der Waals surface area contributed by atoms with E-state index in [-0.39, 0.29) is 16.2 Å². The number of ketones is 4. The average molecular weight is 1350 g/mol. The summed E-state index contributed by atoms with van der Waals surface area (Å²) in [5.74, 6) is 31.0. The van der Waals surface area contributed by atoms with Crippen LogP contribution in [0.3, 0.4) is 0 Å². The number of aliphatic hydroxyl groups is 3. The third kappa shape index (κ3) is 11.6. The number of nitrogen functional groups attached to an aromatic ring is 1. The average Bonchev–Trinajstić information content (AvgIpc) is 1.66. The van der Waals surface area contributed by atoms with Crippen molar-refractivity contribution in [3.05, 3.63) is 64.8 Å². The van der Waals surface area contributed by atoms with E-state index in [2.05, 4.69) is 91.9 Å². The number of allylic oxidation sites excluding steroid dienone is 3. The molecular formula is C91H125NO7. The lowest BCUT2D eigenvalue weighted by Crippen LogP contribution is -2.55. The van der Waals surface area contributed by atoms with Crippen molar-refractivity contribution < 1.29 is 34.5 Å². The van der Waals surface area contributed by atoms with Crippen LogP contribution in [0.4, 0.5) is 5.69 Å². The summed E-state index contributed by atoms with van der Waals surface area (Å²) in [4.78, 5) is 47.6. The Morgan fingerprint density at radius 2 is 1.06 bits per heavy atom. The van der Waals surface area contributed by atoms with Crippen molar-refractivity contribution in [3.8, 4) is 36.0 Å². The third-order valence-electron chi connectivity index (χ3n) is 34.5. The van der Waals surface area contributed by atoms with Gasteiger partial charge in [0.25, 0.3) is 0 Å². The molecule has 1 aromatic carbocycles. The quantitative estimate of drug-likeness (QED) is 0.160. The van der Waals surface area contributed by atoms with E-state index in [1.807, 2.05) is 49.4 Å². The molecule has 0 spiro atoms. The molecule has 1 aromatic rings. The van der Waals surface area contributed by atoms with E-state index in [1.165, 1.54) is 80.9 Å². The zero-order valence-corrected chi connectivity index (χ0v) is 62.6. The van der Waals surface area contributed by atoms with Gasteiger partial charge in [-0.25, -0.2) is 0 Å². The molecule has 8 nitrogen and oxygen atoms in total. The predicted octanol–water partition coefficient (Wildman–Crippen LogP) is 18.2. The lowest BCUT2D eigenvalue weighted by Gasteiger charge is -2.59. The summed E-state index contributed by atoms with van der Waals surface area (Å²) in [6, 6.07) is 7.65. The first-order valence-corrected chi connectivity index (χ1v) is 40.8. The first-order chi connectivity index (χ1) is 47.1. The molecule has 0 radical (unpaired) electrons. The molecule has 0 saturated heterocycles. The highest BCUT2D eigenvalue weighted by atomic mass is 16.3. The van der Waals surface area contributed by atoms with Gasteiger partial charge in [-0.15, -0.1) is 18.3 Å². The molecule has 13 fully saturated rings. The Kier molecular flexibility index (Phi) is 19.2. The van der Waals surface area contributed by atoms with Gasteiger partial charge in [0.15, 0.2) is 17.3 Å². The Morgan fingerprint density at radius 1 is 0.515 bits per heavy atom. The Bertz CT molecular complexity index is 3620. The highest BCUT2D eigenvalue weighted by Crippen LogP contribution is 2.71. The van der Waals surface area contributed by atoms with E-state index in [0.717, 1.165) is 175 Å². The van der Waals surface area contributed by atoms with Crippen molar-refractivity contribution in [2.75, 3.05) is 5.73 Å². The molecule has 0 aliphatic heterocycles. The maximum atomic E-state index is 12.0. The van der Waals surface area contributed by atoms with Crippen LogP contribution in [0, 0.1) is 181 Å². The van der Waals surface area contributed by atoms with E-state index in [4.69, 9.17) is 12.2 Å². The number of carbonyl (C=O) groups excluding carboxylic acids is 4. The van der Waals surface area contributed by atoms with Gasteiger partial charge in [-0.05, 0) is 333 Å². The summed E-state index contributed by atoms with van der Waals surface area (Å²) in [5, 5.41) is 34.3. The summed E-state index contributed by atoms with van der Waals surface area (Å²) < 4.78 is 0. The van der Waals surface area contributed by atoms with Crippen molar-refractivity contribution >= 4 is 28.8 Å². The number of carbonyl (C=O) groups is 4. The largest absolute Gasteiger partial charge is 0.398 e. The van der Waals surface area contributed by atoms with Crippen LogP contribution in [0.1, 0.15) is 274 Å². The van der Waals surface area contributed by atoms with Crippen molar-refractivity contribution in [2.24, 2.45) is 145 Å². The fraction of sp³-hybridized carbons (Fsp3) is 0.758. The van der Waals surface area contributed by atoms with E-state index in [1.54, 1.807) is 0 Å². The molecule has 16 aliphatic rings. The van der Waals surface area contributed by atoms with Crippen molar-refractivity contribution in [1.82, 2.24) is 0 Å². The second kappa shape index (κ2) is 26.6. The number of hydrogen-bond donors (Lipinski definition) is 4. The number of rotatable bonds is 1. The monoisotopic (exact) mass is 1340 g/mol. The predicted molar refractivity (Wildman–Crippen MR) is 395 cm³/mol. The molecule has 0 bridgehead atoms. The van der Waals surface area contributed by atoms with Gasteiger partial charge in [0.2, 0.25) is 0 Å². The molecule has 5 N–H and O–H groups in total. The molecular weight excluding hydrogens is 1220 g/mol. The molecule has 8 heteroatoms. The minimum absolute atomic E-state index is 0.0584. The van der Waals surface area contributed by atoms with Crippen LogP contribution in [0.5, 0.6) is 0 Å². The third-order valence-corrected chi connectivity index (χ3v) is 34.5. The van der Waals surface area contributed by atoms with E-state index in [9.17, 15) is 34.5 Å². The molecule has 3 unspecified atom stereocenters. The second-order valence-corrected chi connectivity index (χ2v) is 38.1. The second-order valence-electron chi connectivity index (χ2n) is 38.1. The van der Waals surface area contributed by atoms with Crippen LogP contribution in [0.25, 0.3) is 0 Å². The van der Waals surface area contributed by atoms with Crippen LogP contribution < -0.4 is 5.73 Å². The van der Waals surface area contributed by atoms with Crippen LogP contribution in [-0.4, -0.2) is 55.3 Å². The fourth-order valence-corrected chi connectivity index (χ4v) is 29.2. The van der Waals surface area contributed by atoms with Gasteiger partial charge < -0.3 is 21.1 Å². The molecule has 16 aliphatic carbocycles. The Labute approximate surface area is 597 Å². The summed E-state index contributed by atoms with van der Waals surface area (Å²) in [6.45, 7) is 23.1. The molecule has 0 heterocycles. The number of terminal acetylenes is 1. The van der Waals surface area contributed by atoms with E-state index in [0.29, 0.717) is 123 Å². The van der Waals surface area contributed by atoms with Crippen molar-refractivity contribution in [3.63, 3.8) is 0 Å². The molecule has 0 amide bonds. The maximum Gasteiger partial charge on any atom is 0.155 e. The van der Waals surface area contributed by atoms with Crippen LogP contribution >= 0.6 is 0 Å². The van der Waals surface area contributed by atoms with Gasteiger partial charge in [0, 0.05) is 60.1 Å². The maximum absolute atomic E-state index is 12.0.